The van der Waals surface area contributed by atoms with Gasteiger partial charge in [-0.15, -0.1) is 0 Å². The predicted octanol–water partition coefficient (Wildman–Crippen LogP) is 4.01. The molecule has 0 heterocycles. The molecule has 0 aliphatic rings. The first-order valence-corrected chi connectivity index (χ1v) is 6.01. The minimum Gasteiger partial charge on any atom is -0.490 e. The Bertz CT molecular complexity index is 445. The average molecular weight is 226 g/mol. The van der Waals surface area contributed by atoms with Crippen molar-refractivity contribution >= 4 is 0 Å². The Labute approximate surface area is 103 Å². The van der Waals surface area contributed by atoms with Gasteiger partial charge in [0.15, 0.2) is 0 Å². The smallest absolute Gasteiger partial charge is 0.119 e. The third-order valence-electron chi connectivity index (χ3n) is 2.72. The van der Waals surface area contributed by atoms with Crippen LogP contribution in [0.4, 0.5) is 0 Å². The van der Waals surface area contributed by atoms with Gasteiger partial charge >= 0.3 is 0 Å². The van der Waals surface area contributed by atoms with Gasteiger partial charge in [-0.25, -0.2) is 0 Å². The fourth-order valence-electron chi connectivity index (χ4n) is 1.84. The van der Waals surface area contributed by atoms with Crippen LogP contribution in [0, 0.1) is 6.92 Å². The van der Waals surface area contributed by atoms with E-state index in [-0.39, 0.29) is 6.10 Å². The van der Waals surface area contributed by atoms with E-state index in [2.05, 4.69) is 50.2 Å². The van der Waals surface area contributed by atoms with E-state index in [1.807, 2.05) is 18.2 Å². The molecular formula is C16H18O. The molecule has 0 amide bonds. The molecule has 0 radical (unpaired) electrons. The molecule has 1 nitrogen and oxygen atoms in total. The topological polar surface area (TPSA) is 9.23 Å². The van der Waals surface area contributed by atoms with Gasteiger partial charge in [-0.1, -0.05) is 48.0 Å². The standard InChI is InChI=1S/C16H18O/c1-13-8-10-16(11-9-13)17-14(2)12-15-6-4-3-5-7-15/h3-11,14H,12H2,1-2H3. The Morgan fingerprint density at radius 1 is 0.941 bits per heavy atom. The van der Waals surface area contributed by atoms with Gasteiger partial charge in [0.25, 0.3) is 0 Å². The van der Waals surface area contributed by atoms with E-state index in [4.69, 9.17) is 4.74 Å². The van der Waals surface area contributed by atoms with Gasteiger partial charge in [0, 0.05) is 6.42 Å². The van der Waals surface area contributed by atoms with E-state index in [0.717, 1.165) is 12.2 Å². The van der Waals surface area contributed by atoms with Crippen molar-refractivity contribution in [2.24, 2.45) is 0 Å². The first-order valence-electron chi connectivity index (χ1n) is 6.01. The zero-order valence-electron chi connectivity index (χ0n) is 10.4. The summed E-state index contributed by atoms with van der Waals surface area (Å²) in [7, 11) is 0. The second kappa shape index (κ2) is 5.53. The fraction of sp³-hybridized carbons (Fsp3) is 0.250. The minimum absolute atomic E-state index is 0.195. The van der Waals surface area contributed by atoms with Gasteiger partial charge in [-0.2, -0.15) is 0 Å². The number of hydrogen-bond acceptors (Lipinski definition) is 1. The number of hydrogen-bond donors (Lipinski definition) is 0. The maximum atomic E-state index is 5.87. The van der Waals surface area contributed by atoms with E-state index in [1.165, 1.54) is 11.1 Å². The zero-order valence-corrected chi connectivity index (χ0v) is 10.4. The van der Waals surface area contributed by atoms with Crippen LogP contribution in [0.25, 0.3) is 0 Å². The van der Waals surface area contributed by atoms with Crippen LogP contribution in [-0.4, -0.2) is 6.10 Å². The number of benzene rings is 2. The van der Waals surface area contributed by atoms with Crippen LogP contribution in [0.15, 0.2) is 54.6 Å². The summed E-state index contributed by atoms with van der Waals surface area (Å²) in [5.41, 5.74) is 2.57. The van der Waals surface area contributed by atoms with Gasteiger partial charge in [0.05, 0.1) is 6.10 Å². The van der Waals surface area contributed by atoms with Crippen LogP contribution in [0.3, 0.4) is 0 Å². The largest absolute Gasteiger partial charge is 0.490 e. The van der Waals surface area contributed by atoms with Crippen molar-refractivity contribution in [1.82, 2.24) is 0 Å². The van der Waals surface area contributed by atoms with Crippen molar-refractivity contribution in [2.45, 2.75) is 26.4 Å². The van der Waals surface area contributed by atoms with Crippen LogP contribution in [0.5, 0.6) is 5.75 Å². The van der Waals surface area contributed by atoms with Crippen molar-refractivity contribution < 1.29 is 4.74 Å². The normalized spacial score (nSPS) is 12.1. The monoisotopic (exact) mass is 226 g/mol. The second-order valence-electron chi connectivity index (χ2n) is 4.43. The second-order valence-corrected chi connectivity index (χ2v) is 4.43. The van der Waals surface area contributed by atoms with E-state index in [0.29, 0.717) is 0 Å². The molecule has 1 heteroatoms. The van der Waals surface area contributed by atoms with Crippen molar-refractivity contribution in [1.29, 1.82) is 0 Å². The number of aryl methyl sites for hydroxylation is 1. The predicted molar refractivity (Wildman–Crippen MR) is 71.4 cm³/mol. The number of ether oxygens (including phenoxy) is 1. The van der Waals surface area contributed by atoms with E-state index in [1.54, 1.807) is 0 Å². The minimum atomic E-state index is 0.195. The molecule has 17 heavy (non-hydrogen) atoms. The lowest BCUT2D eigenvalue weighted by molar-refractivity contribution is 0.222. The summed E-state index contributed by atoms with van der Waals surface area (Å²) in [6.07, 6.45) is 1.13. The maximum Gasteiger partial charge on any atom is 0.119 e. The summed E-state index contributed by atoms with van der Waals surface area (Å²) in [6, 6.07) is 18.6. The third kappa shape index (κ3) is 3.63. The van der Waals surface area contributed by atoms with E-state index < -0.39 is 0 Å². The van der Waals surface area contributed by atoms with Crippen LogP contribution in [-0.2, 0) is 6.42 Å². The van der Waals surface area contributed by atoms with Gasteiger partial charge in [0.1, 0.15) is 5.75 Å². The Balaban J connectivity index is 1.93. The molecule has 2 aromatic rings. The highest BCUT2D eigenvalue weighted by Gasteiger charge is 2.04. The summed E-state index contributed by atoms with van der Waals surface area (Å²) in [5.74, 6) is 0.944. The molecule has 0 bridgehead atoms. The first kappa shape index (κ1) is 11.7. The van der Waals surface area contributed by atoms with Crippen molar-refractivity contribution in [3.63, 3.8) is 0 Å². The Hall–Kier alpha value is -1.76. The highest BCUT2D eigenvalue weighted by atomic mass is 16.5. The summed E-state index contributed by atoms with van der Waals surface area (Å²) in [5, 5.41) is 0. The lowest BCUT2D eigenvalue weighted by Gasteiger charge is -2.14. The molecule has 2 rings (SSSR count). The summed E-state index contributed by atoms with van der Waals surface area (Å²) >= 11 is 0. The molecule has 0 aromatic heterocycles. The molecule has 0 spiro atoms. The van der Waals surface area contributed by atoms with Gasteiger partial charge < -0.3 is 4.74 Å². The van der Waals surface area contributed by atoms with Crippen LogP contribution in [0.1, 0.15) is 18.1 Å². The van der Waals surface area contributed by atoms with Crippen molar-refractivity contribution in [2.75, 3.05) is 0 Å². The first-order chi connectivity index (χ1) is 8.24. The quantitative estimate of drug-likeness (QED) is 0.765. The molecule has 0 saturated carbocycles. The lowest BCUT2D eigenvalue weighted by Crippen LogP contribution is -2.14. The summed E-state index contributed by atoms with van der Waals surface area (Å²) in [6.45, 7) is 4.18. The lowest BCUT2D eigenvalue weighted by atomic mass is 10.1. The van der Waals surface area contributed by atoms with Crippen LogP contribution >= 0.6 is 0 Å². The SMILES string of the molecule is Cc1ccc(OC(C)Cc2ccccc2)cc1. The van der Waals surface area contributed by atoms with Gasteiger partial charge in [-0.05, 0) is 31.5 Å². The van der Waals surface area contributed by atoms with E-state index in [9.17, 15) is 0 Å². The van der Waals surface area contributed by atoms with E-state index >= 15 is 0 Å². The van der Waals surface area contributed by atoms with Crippen LogP contribution < -0.4 is 4.74 Å². The molecule has 0 saturated heterocycles. The molecule has 1 unspecified atom stereocenters. The van der Waals surface area contributed by atoms with Gasteiger partial charge in [-0.3, -0.25) is 0 Å². The Kier molecular flexibility index (Phi) is 3.81. The molecular weight excluding hydrogens is 208 g/mol. The molecule has 0 fully saturated rings. The highest BCUT2D eigenvalue weighted by Crippen LogP contribution is 2.15. The maximum absolute atomic E-state index is 5.87. The fourth-order valence-corrected chi connectivity index (χ4v) is 1.84. The Morgan fingerprint density at radius 2 is 1.59 bits per heavy atom. The molecule has 2 aromatic carbocycles. The summed E-state index contributed by atoms with van der Waals surface area (Å²) < 4.78 is 5.87. The van der Waals surface area contributed by atoms with Crippen LogP contribution in [0.2, 0.25) is 0 Å². The Morgan fingerprint density at radius 3 is 2.24 bits per heavy atom. The molecule has 0 N–H and O–H groups in total. The highest BCUT2D eigenvalue weighted by molar-refractivity contribution is 5.26. The number of rotatable bonds is 4. The van der Waals surface area contributed by atoms with Crippen molar-refractivity contribution in [3.05, 3.63) is 65.7 Å². The van der Waals surface area contributed by atoms with Gasteiger partial charge in [0.2, 0.25) is 0 Å². The molecule has 88 valence electrons. The molecule has 0 aliphatic heterocycles. The summed E-state index contributed by atoms with van der Waals surface area (Å²) in [4.78, 5) is 0. The van der Waals surface area contributed by atoms with Crippen molar-refractivity contribution in [3.8, 4) is 5.75 Å². The molecule has 0 aliphatic carbocycles. The zero-order chi connectivity index (χ0) is 12.1. The molecule has 1 atom stereocenters. The third-order valence-corrected chi connectivity index (χ3v) is 2.72. The average Bonchev–Trinajstić information content (AvgIpc) is 2.33.